The van der Waals surface area contributed by atoms with E-state index in [-0.39, 0.29) is 5.91 Å². The van der Waals surface area contributed by atoms with Gasteiger partial charge < -0.3 is 11.1 Å². The van der Waals surface area contributed by atoms with Crippen molar-refractivity contribution in [1.82, 2.24) is 10.3 Å². The summed E-state index contributed by atoms with van der Waals surface area (Å²) in [5.74, 6) is 7.06. The van der Waals surface area contributed by atoms with Crippen LogP contribution < -0.4 is 11.1 Å². The Hall–Kier alpha value is -1.86. The van der Waals surface area contributed by atoms with Gasteiger partial charge in [0.25, 0.3) is 5.91 Å². The van der Waals surface area contributed by atoms with Crippen LogP contribution in [0.25, 0.3) is 0 Å². The van der Waals surface area contributed by atoms with Crippen molar-refractivity contribution in [3.63, 3.8) is 0 Å². The van der Waals surface area contributed by atoms with Gasteiger partial charge in [0, 0.05) is 24.5 Å². The van der Waals surface area contributed by atoms with Crippen LogP contribution in [0.3, 0.4) is 0 Å². The molecule has 1 aromatic rings. The quantitative estimate of drug-likeness (QED) is 0.814. The number of nitrogens with one attached hydrogen (secondary N) is 1. The number of amides is 1. The predicted molar refractivity (Wildman–Crippen MR) is 85.7 cm³/mol. The van der Waals surface area contributed by atoms with Crippen molar-refractivity contribution >= 4 is 5.91 Å². The molecule has 0 aromatic carbocycles. The maximum Gasteiger partial charge on any atom is 0.252 e. The van der Waals surface area contributed by atoms with E-state index in [1.165, 1.54) is 0 Å². The molecule has 21 heavy (non-hydrogen) atoms. The number of nitrogens with zero attached hydrogens (tertiary/aromatic N) is 1. The maximum atomic E-state index is 12.2. The van der Waals surface area contributed by atoms with E-state index in [0.717, 1.165) is 0 Å². The molecule has 1 amide bonds. The van der Waals surface area contributed by atoms with Crippen LogP contribution in [0.5, 0.6) is 0 Å². The van der Waals surface area contributed by atoms with Gasteiger partial charge in [0.15, 0.2) is 0 Å². The third-order valence-electron chi connectivity index (χ3n) is 3.55. The van der Waals surface area contributed by atoms with Crippen molar-refractivity contribution in [1.29, 1.82) is 0 Å². The van der Waals surface area contributed by atoms with Crippen molar-refractivity contribution in [2.75, 3.05) is 13.1 Å². The van der Waals surface area contributed by atoms with Crippen LogP contribution in [0.1, 0.15) is 43.6 Å². The van der Waals surface area contributed by atoms with Crippen molar-refractivity contribution < 1.29 is 4.79 Å². The molecule has 0 fully saturated rings. The lowest BCUT2D eigenvalue weighted by atomic mass is 9.85. The molecule has 0 atom stereocenters. The average molecular weight is 287 g/mol. The summed E-state index contributed by atoms with van der Waals surface area (Å²) in [7, 11) is 0. The minimum Gasteiger partial charge on any atom is -0.352 e. The van der Waals surface area contributed by atoms with Gasteiger partial charge in [-0.05, 0) is 23.8 Å². The van der Waals surface area contributed by atoms with Gasteiger partial charge >= 0.3 is 0 Å². The van der Waals surface area contributed by atoms with E-state index in [0.29, 0.717) is 42.0 Å². The molecule has 0 bridgehead atoms. The zero-order valence-electron chi connectivity index (χ0n) is 13.3. The molecular weight excluding hydrogens is 262 g/mol. The summed E-state index contributed by atoms with van der Waals surface area (Å²) in [4.78, 5) is 16.2. The first kappa shape index (κ1) is 17.2. The van der Waals surface area contributed by atoms with Crippen molar-refractivity contribution in [3.8, 4) is 11.8 Å². The normalized spacial score (nSPS) is 10.7. The standard InChI is InChI=1S/C17H25N3O/c1-12(2)16(13(3)4)11-20-17(21)15-8-14(6-5-7-18)9-19-10-15/h8-10,12-13,16H,7,11,18H2,1-4H3,(H,20,21). The summed E-state index contributed by atoms with van der Waals surface area (Å²) in [6.07, 6.45) is 3.19. The summed E-state index contributed by atoms with van der Waals surface area (Å²) in [6, 6.07) is 1.74. The lowest BCUT2D eigenvalue weighted by molar-refractivity contribution is 0.0937. The van der Waals surface area contributed by atoms with Gasteiger partial charge in [0.1, 0.15) is 0 Å². The monoisotopic (exact) mass is 287 g/mol. The van der Waals surface area contributed by atoms with Gasteiger partial charge in [0.05, 0.1) is 12.1 Å². The highest BCUT2D eigenvalue weighted by molar-refractivity contribution is 5.94. The Bertz CT molecular complexity index is 518. The summed E-state index contributed by atoms with van der Waals surface area (Å²) >= 11 is 0. The maximum absolute atomic E-state index is 12.2. The van der Waals surface area contributed by atoms with Crippen molar-refractivity contribution in [2.45, 2.75) is 27.7 Å². The Morgan fingerprint density at radius 1 is 1.29 bits per heavy atom. The fourth-order valence-corrected chi connectivity index (χ4v) is 2.34. The topological polar surface area (TPSA) is 68.0 Å². The number of carbonyl (C=O) groups is 1. The van der Waals surface area contributed by atoms with Gasteiger partial charge in [-0.15, -0.1) is 0 Å². The molecule has 3 N–H and O–H groups in total. The van der Waals surface area contributed by atoms with Crippen LogP contribution in [-0.4, -0.2) is 24.0 Å². The average Bonchev–Trinajstić information content (AvgIpc) is 2.44. The first-order chi connectivity index (χ1) is 9.95. The van der Waals surface area contributed by atoms with Crippen LogP contribution in [0.15, 0.2) is 18.5 Å². The van der Waals surface area contributed by atoms with E-state index < -0.39 is 0 Å². The van der Waals surface area contributed by atoms with Crippen LogP contribution in [0, 0.1) is 29.6 Å². The highest BCUT2D eigenvalue weighted by atomic mass is 16.1. The number of aromatic nitrogens is 1. The molecule has 1 heterocycles. The number of rotatable bonds is 5. The summed E-state index contributed by atoms with van der Waals surface area (Å²) in [5.41, 5.74) is 6.58. The van der Waals surface area contributed by atoms with Gasteiger partial charge in [-0.25, -0.2) is 0 Å². The van der Waals surface area contributed by atoms with Crippen LogP contribution in [0.2, 0.25) is 0 Å². The predicted octanol–water partition coefficient (Wildman–Crippen LogP) is 2.05. The lowest BCUT2D eigenvalue weighted by Crippen LogP contribution is -2.34. The Morgan fingerprint density at radius 2 is 1.95 bits per heavy atom. The number of pyridine rings is 1. The highest BCUT2D eigenvalue weighted by Gasteiger charge is 2.18. The number of hydrogen-bond acceptors (Lipinski definition) is 3. The van der Waals surface area contributed by atoms with Crippen LogP contribution >= 0.6 is 0 Å². The fourth-order valence-electron chi connectivity index (χ4n) is 2.34. The minimum absolute atomic E-state index is 0.106. The summed E-state index contributed by atoms with van der Waals surface area (Å²) in [5, 5.41) is 2.99. The Kier molecular flexibility index (Phi) is 6.90. The Balaban J connectivity index is 2.71. The third kappa shape index (κ3) is 5.57. The fraction of sp³-hybridized carbons (Fsp3) is 0.529. The molecule has 0 aliphatic heterocycles. The minimum atomic E-state index is -0.106. The van der Waals surface area contributed by atoms with E-state index >= 15 is 0 Å². The van der Waals surface area contributed by atoms with Crippen LogP contribution in [-0.2, 0) is 0 Å². The highest BCUT2D eigenvalue weighted by Crippen LogP contribution is 2.19. The summed E-state index contributed by atoms with van der Waals surface area (Å²) < 4.78 is 0. The molecule has 0 aliphatic rings. The molecule has 0 spiro atoms. The lowest BCUT2D eigenvalue weighted by Gasteiger charge is -2.25. The zero-order valence-corrected chi connectivity index (χ0v) is 13.3. The van der Waals surface area contributed by atoms with Gasteiger partial charge in [-0.1, -0.05) is 39.5 Å². The largest absolute Gasteiger partial charge is 0.352 e. The molecule has 114 valence electrons. The SMILES string of the molecule is CC(C)C(CNC(=O)c1cncc(C#CCN)c1)C(C)C. The van der Waals surface area contributed by atoms with Crippen molar-refractivity contribution in [2.24, 2.45) is 23.5 Å². The van der Waals surface area contributed by atoms with E-state index in [1.807, 2.05) is 0 Å². The molecule has 0 saturated heterocycles. The van der Waals surface area contributed by atoms with E-state index in [9.17, 15) is 4.79 Å². The van der Waals surface area contributed by atoms with E-state index in [1.54, 1.807) is 18.5 Å². The Morgan fingerprint density at radius 3 is 2.52 bits per heavy atom. The zero-order chi connectivity index (χ0) is 15.8. The number of hydrogen-bond donors (Lipinski definition) is 2. The number of nitrogens with two attached hydrogens (primary N) is 1. The molecule has 4 heteroatoms. The second kappa shape index (κ2) is 8.43. The van der Waals surface area contributed by atoms with Gasteiger partial charge in [-0.2, -0.15) is 0 Å². The molecule has 4 nitrogen and oxygen atoms in total. The Labute approximate surface area is 127 Å². The first-order valence-corrected chi connectivity index (χ1v) is 7.37. The molecule has 1 rings (SSSR count). The first-order valence-electron chi connectivity index (χ1n) is 7.37. The molecule has 1 aromatic heterocycles. The van der Waals surface area contributed by atoms with Gasteiger partial charge in [-0.3, -0.25) is 9.78 Å². The molecule has 0 saturated carbocycles. The summed E-state index contributed by atoms with van der Waals surface area (Å²) in [6.45, 7) is 9.69. The third-order valence-corrected chi connectivity index (χ3v) is 3.55. The molecule has 0 aliphatic carbocycles. The molecule has 0 unspecified atom stereocenters. The second-order valence-electron chi connectivity index (χ2n) is 5.83. The smallest absolute Gasteiger partial charge is 0.252 e. The van der Waals surface area contributed by atoms with E-state index in [2.05, 4.69) is 49.8 Å². The van der Waals surface area contributed by atoms with E-state index in [4.69, 9.17) is 5.73 Å². The second-order valence-corrected chi connectivity index (χ2v) is 5.83. The van der Waals surface area contributed by atoms with Crippen LogP contribution in [0.4, 0.5) is 0 Å². The molecule has 0 radical (unpaired) electrons. The van der Waals surface area contributed by atoms with Gasteiger partial charge in [0.2, 0.25) is 0 Å². The molecular formula is C17H25N3O. The van der Waals surface area contributed by atoms with Crippen molar-refractivity contribution in [3.05, 3.63) is 29.6 Å². The number of carbonyl (C=O) groups excluding carboxylic acids is 1.